The van der Waals surface area contributed by atoms with Gasteiger partial charge in [0.2, 0.25) is 0 Å². The average molecular weight is 204 g/mol. The van der Waals surface area contributed by atoms with Crippen LogP contribution < -0.4 is 5.73 Å². The van der Waals surface area contributed by atoms with E-state index in [0.29, 0.717) is 12.4 Å². The highest BCUT2D eigenvalue weighted by Gasteiger charge is 2.04. The SMILES string of the molecule is C=C(C=N)OCC(N)Cc1ccccc1. The van der Waals surface area contributed by atoms with Crippen molar-refractivity contribution in [2.45, 2.75) is 12.5 Å². The van der Waals surface area contributed by atoms with Crippen LogP contribution in [0.25, 0.3) is 0 Å². The first-order chi connectivity index (χ1) is 7.22. The summed E-state index contributed by atoms with van der Waals surface area (Å²) in [4.78, 5) is 0. The number of allylic oxidation sites excluding steroid dienone is 1. The van der Waals surface area contributed by atoms with Crippen molar-refractivity contribution in [3.8, 4) is 0 Å². The van der Waals surface area contributed by atoms with E-state index >= 15 is 0 Å². The van der Waals surface area contributed by atoms with E-state index < -0.39 is 0 Å². The van der Waals surface area contributed by atoms with Gasteiger partial charge in [-0.1, -0.05) is 36.9 Å². The molecule has 0 aliphatic carbocycles. The Labute approximate surface area is 90.1 Å². The van der Waals surface area contributed by atoms with E-state index in [1.54, 1.807) is 0 Å². The number of ether oxygens (including phenoxy) is 1. The van der Waals surface area contributed by atoms with Crippen molar-refractivity contribution in [1.82, 2.24) is 0 Å². The molecule has 0 bridgehead atoms. The largest absolute Gasteiger partial charge is 0.491 e. The molecule has 0 aliphatic rings. The first kappa shape index (κ1) is 11.5. The van der Waals surface area contributed by atoms with Crippen molar-refractivity contribution >= 4 is 6.21 Å². The van der Waals surface area contributed by atoms with Crippen molar-refractivity contribution in [3.63, 3.8) is 0 Å². The lowest BCUT2D eigenvalue weighted by atomic mass is 10.1. The van der Waals surface area contributed by atoms with Crippen molar-refractivity contribution in [3.05, 3.63) is 48.2 Å². The molecule has 80 valence electrons. The lowest BCUT2D eigenvalue weighted by molar-refractivity contribution is 0.212. The van der Waals surface area contributed by atoms with E-state index in [0.717, 1.165) is 12.6 Å². The highest BCUT2D eigenvalue weighted by molar-refractivity contribution is 5.71. The van der Waals surface area contributed by atoms with Crippen LogP contribution in [0, 0.1) is 5.41 Å². The highest BCUT2D eigenvalue weighted by atomic mass is 16.5. The van der Waals surface area contributed by atoms with Gasteiger partial charge in [0.1, 0.15) is 12.4 Å². The Bertz CT molecular complexity index is 322. The van der Waals surface area contributed by atoms with Gasteiger partial charge < -0.3 is 15.9 Å². The zero-order chi connectivity index (χ0) is 11.1. The van der Waals surface area contributed by atoms with Crippen molar-refractivity contribution < 1.29 is 4.74 Å². The fraction of sp³-hybridized carbons (Fsp3) is 0.250. The molecule has 0 heterocycles. The predicted octanol–water partition coefficient (Wildman–Crippen LogP) is 1.74. The fourth-order valence-corrected chi connectivity index (χ4v) is 1.23. The van der Waals surface area contributed by atoms with Crippen molar-refractivity contribution in [2.75, 3.05) is 6.61 Å². The quantitative estimate of drug-likeness (QED) is 0.547. The van der Waals surface area contributed by atoms with E-state index in [2.05, 4.69) is 6.58 Å². The number of benzene rings is 1. The number of hydrogen-bond donors (Lipinski definition) is 2. The predicted molar refractivity (Wildman–Crippen MR) is 62.0 cm³/mol. The lowest BCUT2D eigenvalue weighted by Crippen LogP contribution is -2.28. The Kier molecular flexibility index (Phi) is 4.57. The van der Waals surface area contributed by atoms with Gasteiger partial charge in [0.25, 0.3) is 0 Å². The summed E-state index contributed by atoms with van der Waals surface area (Å²) in [6, 6.07) is 9.95. The molecule has 1 aromatic rings. The first-order valence-corrected chi connectivity index (χ1v) is 4.84. The molecule has 0 radical (unpaired) electrons. The summed E-state index contributed by atoms with van der Waals surface area (Å²) in [5, 5.41) is 6.88. The molecule has 3 N–H and O–H groups in total. The van der Waals surface area contributed by atoms with E-state index in [9.17, 15) is 0 Å². The monoisotopic (exact) mass is 204 g/mol. The summed E-state index contributed by atoms with van der Waals surface area (Å²) in [7, 11) is 0. The molecule has 3 heteroatoms. The molecule has 3 nitrogen and oxygen atoms in total. The Balaban J connectivity index is 2.33. The molecule has 15 heavy (non-hydrogen) atoms. The maximum Gasteiger partial charge on any atom is 0.129 e. The smallest absolute Gasteiger partial charge is 0.129 e. The maximum absolute atomic E-state index is 6.88. The van der Waals surface area contributed by atoms with Crippen LogP contribution in [-0.2, 0) is 11.2 Å². The van der Waals surface area contributed by atoms with Crippen LogP contribution in [0.1, 0.15) is 5.56 Å². The first-order valence-electron chi connectivity index (χ1n) is 4.84. The van der Waals surface area contributed by atoms with Crippen LogP contribution in [-0.4, -0.2) is 18.9 Å². The van der Waals surface area contributed by atoms with Gasteiger partial charge in [-0.2, -0.15) is 0 Å². The Morgan fingerprint density at radius 1 is 1.47 bits per heavy atom. The minimum absolute atomic E-state index is 0.0656. The third kappa shape index (κ3) is 4.42. The van der Waals surface area contributed by atoms with E-state index in [1.165, 1.54) is 5.56 Å². The Morgan fingerprint density at radius 2 is 2.13 bits per heavy atom. The van der Waals surface area contributed by atoms with Gasteiger partial charge >= 0.3 is 0 Å². The maximum atomic E-state index is 6.88. The number of nitrogens with two attached hydrogens (primary N) is 1. The van der Waals surface area contributed by atoms with Crippen LogP contribution in [0.2, 0.25) is 0 Å². The van der Waals surface area contributed by atoms with Crippen LogP contribution in [0.4, 0.5) is 0 Å². The van der Waals surface area contributed by atoms with Gasteiger partial charge in [0, 0.05) is 6.04 Å². The molecule has 1 aromatic carbocycles. The van der Waals surface area contributed by atoms with Gasteiger partial charge in [0.05, 0.1) is 6.21 Å². The number of hydrogen-bond acceptors (Lipinski definition) is 3. The zero-order valence-electron chi connectivity index (χ0n) is 8.65. The molecule has 0 fully saturated rings. The van der Waals surface area contributed by atoms with Crippen molar-refractivity contribution in [1.29, 1.82) is 5.41 Å². The standard InChI is InChI=1S/C12H16N2O/c1-10(8-13)15-9-12(14)7-11-5-3-2-4-6-11/h2-6,8,12-13H,1,7,9,14H2. The molecule has 0 amide bonds. The molecule has 1 rings (SSSR count). The van der Waals surface area contributed by atoms with Gasteiger partial charge in [-0.25, -0.2) is 0 Å². The van der Waals surface area contributed by atoms with Gasteiger partial charge in [-0.05, 0) is 12.0 Å². The molecular weight excluding hydrogens is 188 g/mol. The zero-order valence-corrected chi connectivity index (χ0v) is 8.65. The third-order valence-corrected chi connectivity index (χ3v) is 1.98. The van der Waals surface area contributed by atoms with Crippen LogP contribution in [0.3, 0.4) is 0 Å². The van der Waals surface area contributed by atoms with Crippen LogP contribution in [0.5, 0.6) is 0 Å². The topological polar surface area (TPSA) is 59.1 Å². The molecule has 1 unspecified atom stereocenters. The van der Waals surface area contributed by atoms with Crippen LogP contribution in [0.15, 0.2) is 42.7 Å². The lowest BCUT2D eigenvalue weighted by Gasteiger charge is -2.12. The Hall–Kier alpha value is -1.61. The molecule has 0 saturated carbocycles. The van der Waals surface area contributed by atoms with Crippen molar-refractivity contribution in [2.24, 2.45) is 5.73 Å². The number of nitrogens with one attached hydrogen (secondary N) is 1. The van der Waals surface area contributed by atoms with E-state index in [1.807, 2.05) is 30.3 Å². The summed E-state index contributed by atoms with van der Waals surface area (Å²) in [6.07, 6.45) is 1.85. The second-order valence-electron chi connectivity index (χ2n) is 3.37. The molecule has 0 saturated heterocycles. The summed E-state index contributed by atoms with van der Waals surface area (Å²) in [5.41, 5.74) is 7.06. The summed E-state index contributed by atoms with van der Waals surface area (Å²) < 4.78 is 5.16. The third-order valence-electron chi connectivity index (χ3n) is 1.98. The van der Waals surface area contributed by atoms with Gasteiger partial charge in [-0.15, -0.1) is 0 Å². The fourth-order valence-electron chi connectivity index (χ4n) is 1.23. The molecule has 1 atom stereocenters. The summed E-state index contributed by atoms with van der Waals surface area (Å²) in [5.74, 6) is 0.346. The molecule has 0 aliphatic heterocycles. The minimum atomic E-state index is -0.0656. The summed E-state index contributed by atoms with van der Waals surface area (Å²) >= 11 is 0. The Morgan fingerprint density at radius 3 is 2.73 bits per heavy atom. The average Bonchev–Trinajstić information content (AvgIpc) is 2.27. The van der Waals surface area contributed by atoms with E-state index in [-0.39, 0.29) is 6.04 Å². The van der Waals surface area contributed by atoms with Crippen LogP contribution >= 0.6 is 0 Å². The molecule has 0 spiro atoms. The second kappa shape index (κ2) is 5.98. The van der Waals surface area contributed by atoms with E-state index in [4.69, 9.17) is 15.9 Å². The van der Waals surface area contributed by atoms with Gasteiger partial charge in [0.15, 0.2) is 0 Å². The normalized spacial score (nSPS) is 11.8. The van der Waals surface area contributed by atoms with Gasteiger partial charge in [-0.3, -0.25) is 0 Å². The summed E-state index contributed by atoms with van der Waals surface area (Å²) in [6.45, 7) is 3.92. The second-order valence-corrected chi connectivity index (χ2v) is 3.37. The molecular formula is C12H16N2O. The highest BCUT2D eigenvalue weighted by Crippen LogP contribution is 2.02. The minimum Gasteiger partial charge on any atom is -0.491 e. The molecule has 0 aromatic heterocycles. The number of rotatable bonds is 6.